The van der Waals surface area contributed by atoms with Crippen LogP contribution in [0.1, 0.15) is 27.2 Å². The van der Waals surface area contributed by atoms with E-state index in [-0.39, 0.29) is 0 Å². The van der Waals surface area contributed by atoms with E-state index in [0.29, 0.717) is 12.3 Å². The van der Waals surface area contributed by atoms with Gasteiger partial charge in [-0.2, -0.15) is 31.4 Å². The molecule has 1 aromatic carbocycles. The van der Waals surface area contributed by atoms with E-state index in [1.54, 1.807) is 0 Å². The van der Waals surface area contributed by atoms with E-state index in [1.165, 1.54) is 0 Å². The Hall–Kier alpha value is -2.56. The molecule has 0 saturated carbocycles. The second-order valence-electron chi connectivity index (χ2n) is 4.87. The number of hydrogen-bond acceptors (Lipinski definition) is 4. The summed E-state index contributed by atoms with van der Waals surface area (Å²) in [4.78, 5) is 16.0. The van der Waals surface area contributed by atoms with Crippen molar-refractivity contribution in [2.45, 2.75) is 12.4 Å². The number of aryl methyl sites for hydroxylation is 1. The van der Waals surface area contributed by atoms with Crippen molar-refractivity contribution in [1.82, 2.24) is 9.78 Å². The number of halogens is 7. The Labute approximate surface area is 146 Å². The van der Waals surface area contributed by atoms with Gasteiger partial charge in [-0.15, -0.1) is 0 Å². The molecule has 2 rings (SSSR count). The van der Waals surface area contributed by atoms with Gasteiger partial charge >= 0.3 is 18.3 Å². The molecule has 0 aliphatic rings. The highest BCUT2D eigenvalue weighted by atomic mass is 35.5. The smallest absolute Gasteiger partial charge is 0.313 e. The number of carbonyl (C=O) groups is 1. The monoisotopic (exact) mass is 399 g/mol. The van der Waals surface area contributed by atoms with Gasteiger partial charge in [-0.05, 0) is 18.2 Å². The van der Waals surface area contributed by atoms with Crippen LogP contribution in [0.25, 0.3) is 0 Å². The molecule has 0 amide bonds. The topological polar surface area (TPSA) is 56.5 Å². The summed E-state index contributed by atoms with van der Waals surface area (Å²) in [7, 11) is 1.16. The molecule has 0 saturated heterocycles. The number of carbonyl (C=O) groups excluding carboxylic acids is 1. The SMILES string of the molecule is Cn1nc(C(F)(F)F)c(C=NOC(=O)c2cccc(C(F)(F)F)c2)c1Cl. The van der Waals surface area contributed by atoms with E-state index in [2.05, 4.69) is 15.1 Å². The van der Waals surface area contributed by atoms with E-state index >= 15 is 0 Å². The summed E-state index contributed by atoms with van der Waals surface area (Å²) in [6, 6.07) is 3.27. The molecule has 0 spiro atoms. The average molecular weight is 400 g/mol. The summed E-state index contributed by atoms with van der Waals surface area (Å²) < 4.78 is 77.0. The van der Waals surface area contributed by atoms with Crippen LogP contribution in [0.2, 0.25) is 5.15 Å². The van der Waals surface area contributed by atoms with Crippen molar-refractivity contribution in [3.05, 3.63) is 51.8 Å². The summed E-state index contributed by atoms with van der Waals surface area (Å²) in [5.74, 6) is -1.29. The Kier molecular flexibility index (Phi) is 5.31. The normalized spacial score (nSPS) is 12.6. The Morgan fingerprint density at radius 1 is 1.23 bits per heavy atom. The predicted octanol–water partition coefficient (Wildman–Crippen LogP) is 4.30. The first-order valence-corrected chi connectivity index (χ1v) is 7.00. The molecule has 0 unspecified atom stereocenters. The molecule has 1 heterocycles. The van der Waals surface area contributed by atoms with Crippen molar-refractivity contribution in [3.8, 4) is 0 Å². The molecule has 140 valence electrons. The lowest BCUT2D eigenvalue weighted by atomic mass is 10.1. The Morgan fingerprint density at radius 2 is 1.88 bits per heavy atom. The lowest BCUT2D eigenvalue weighted by Crippen LogP contribution is -2.10. The number of benzene rings is 1. The molecule has 26 heavy (non-hydrogen) atoms. The quantitative estimate of drug-likeness (QED) is 0.335. The first-order valence-electron chi connectivity index (χ1n) is 6.63. The second-order valence-corrected chi connectivity index (χ2v) is 5.22. The highest BCUT2D eigenvalue weighted by Gasteiger charge is 2.38. The fourth-order valence-electron chi connectivity index (χ4n) is 1.85. The maximum atomic E-state index is 12.8. The van der Waals surface area contributed by atoms with Crippen LogP contribution in [-0.2, 0) is 24.2 Å². The van der Waals surface area contributed by atoms with Crippen LogP contribution in [0.3, 0.4) is 0 Å². The summed E-state index contributed by atoms with van der Waals surface area (Å²) in [5, 5.41) is 5.82. The van der Waals surface area contributed by atoms with E-state index in [4.69, 9.17) is 11.6 Å². The molecule has 5 nitrogen and oxygen atoms in total. The zero-order chi connectivity index (χ0) is 19.7. The minimum atomic E-state index is -4.84. The molecule has 12 heteroatoms. The number of nitrogens with zero attached hydrogens (tertiary/aromatic N) is 3. The number of alkyl halides is 6. The summed E-state index contributed by atoms with van der Waals surface area (Å²) in [5.41, 5.74) is -3.58. The van der Waals surface area contributed by atoms with Crippen molar-refractivity contribution in [1.29, 1.82) is 0 Å². The van der Waals surface area contributed by atoms with Gasteiger partial charge in [0, 0.05) is 7.05 Å². The molecular formula is C14H8ClF6N3O2. The zero-order valence-corrected chi connectivity index (χ0v) is 13.4. The molecule has 0 fully saturated rings. The average Bonchev–Trinajstić information content (AvgIpc) is 2.82. The number of aromatic nitrogens is 2. The molecule has 0 bridgehead atoms. The van der Waals surface area contributed by atoms with Gasteiger partial charge < -0.3 is 4.84 Å². The van der Waals surface area contributed by atoms with Crippen LogP contribution in [0.4, 0.5) is 26.3 Å². The summed E-state index contributed by atoms with van der Waals surface area (Å²) in [6.07, 6.45) is -9.01. The Morgan fingerprint density at radius 3 is 2.46 bits per heavy atom. The highest BCUT2D eigenvalue weighted by molar-refractivity contribution is 6.32. The minimum Gasteiger partial charge on any atom is -0.313 e. The highest BCUT2D eigenvalue weighted by Crippen LogP contribution is 2.33. The fraction of sp³-hybridized carbons (Fsp3) is 0.214. The van der Waals surface area contributed by atoms with E-state index < -0.39 is 45.9 Å². The van der Waals surface area contributed by atoms with Crippen LogP contribution in [0, 0.1) is 0 Å². The summed E-state index contributed by atoms with van der Waals surface area (Å²) in [6.45, 7) is 0. The van der Waals surface area contributed by atoms with Crippen LogP contribution < -0.4 is 0 Å². The Balaban J connectivity index is 2.21. The number of rotatable bonds is 3. The third-order valence-corrected chi connectivity index (χ3v) is 3.47. The van der Waals surface area contributed by atoms with Crippen molar-refractivity contribution in [3.63, 3.8) is 0 Å². The van der Waals surface area contributed by atoms with Gasteiger partial charge in [-0.3, -0.25) is 4.68 Å². The van der Waals surface area contributed by atoms with Gasteiger partial charge in [-0.1, -0.05) is 22.8 Å². The molecule has 0 N–H and O–H groups in total. The fourth-order valence-corrected chi connectivity index (χ4v) is 2.02. The molecule has 0 radical (unpaired) electrons. The van der Waals surface area contributed by atoms with Crippen molar-refractivity contribution < 1.29 is 36.0 Å². The predicted molar refractivity (Wildman–Crippen MR) is 77.7 cm³/mol. The van der Waals surface area contributed by atoms with Crippen molar-refractivity contribution >= 4 is 23.8 Å². The molecular weight excluding hydrogens is 392 g/mol. The molecule has 0 aliphatic heterocycles. The molecule has 0 aliphatic carbocycles. The third kappa shape index (κ3) is 4.34. The standard InChI is InChI=1S/C14H8ClF6N3O2/c1-24-11(15)9(10(23-24)14(19,20)21)6-22-26-12(25)7-3-2-4-8(5-7)13(16,17)18/h2-6H,1H3. The third-order valence-electron chi connectivity index (χ3n) is 3.02. The van der Waals surface area contributed by atoms with Gasteiger partial charge in [0.05, 0.1) is 22.9 Å². The first kappa shape index (κ1) is 19.8. The first-order chi connectivity index (χ1) is 11.9. The maximum absolute atomic E-state index is 12.8. The maximum Gasteiger partial charge on any atom is 0.435 e. The lowest BCUT2D eigenvalue weighted by molar-refractivity contribution is -0.141. The molecule has 1 aromatic heterocycles. The lowest BCUT2D eigenvalue weighted by Gasteiger charge is -2.07. The number of hydrogen-bond donors (Lipinski definition) is 0. The van der Waals surface area contributed by atoms with Gasteiger partial charge in [0.25, 0.3) is 0 Å². The second kappa shape index (κ2) is 6.98. The van der Waals surface area contributed by atoms with E-state index in [9.17, 15) is 31.1 Å². The van der Waals surface area contributed by atoms with Crippen LogP contribution in [-0.4, -0.2) is 22.0 Å². The van der Waals surface area contributed by atoms with Crippen LogP contribution >= 0.6 is 11.6 Å². The largest absolute Gasteiger partial charge is 0.435 e. The van der Waals surface area contributed by atoms with Crippen LogP contribution in [0.5, 0.6) is 0 Å². The van der Waals surface area contributed by atoms with Gasteiger partial charge in [0.2, 0.25) is 0 Å². The van der Waals surface area contributed by atoms with E-state index in [1.807, 2.05) is 0 Å². The Bertz CT molecular complexity index is 857. The van der Waals surface area contributed by atoms with Crippen LogP contribution in [0.15, 0.2) is 29.4 Å². The van der Waals surface area contributed by atoms with Gasteiger partial charge in [0.15, 0.2) is 5.69 Å². The zero-order valence-electron chi connectivity index (χ0n) is 12.7. The van der Waals surface area contributed by atoms with Crippen molar-refractivity contribution in [2.75, 3.05) is 0 Å². The number of oxime groups is 1. The van der Waals surface area contributed by atoms with E-state index in [0.717, 1.165) is 29.9 Å². The minimum absolute atomic E-state index is 0.420. The van der Waals surface area contributed by atoms with Crippen molar-refractivity contribution in [2.24, 2.45) is 12.2 Å². The molecule has 0 atom stereocenters. The molecule has 2 aromatic rings. The van der Waals surface area contributed by atoms with Gasteiger partial charge in [0.1, 0.15) is 5.15 Å². The van der Waals surface area contributed by atoms with Gasteiger partial charge in [-0.25, -0.2) is 4.79 Å². The summed E-state index contributed by atoms with van der Waals surface area (Å²) >= 11 is 5.67.